The monoisotopic (exact) mass is 454 g/mol. The van der Waals surface area contributed by atoms with E-state index in [1.807, 2.05) is 25.1 Å². The lowest BCUT2D eigenvalue weighted by Crippen LogP contribution is -2.17. The van der Waals surface area contributed by atoms with Gasteiger partial charge in [0.15, 0.2) is 11.5 Å². The molecule has 170 valence electrons. The number of pyridine rings is 2. The van der Waals surface area contributed by atoms with Gasteiger partial charge in [0.05, 0.1) is 28.8 Å². The number of aryl methyl sites for hydroxylation is 2. The molecule has 34 heavy (non-hydrogen) atoms. The van der Waals surface area contributed by atoms with Crippen LogP contribution in [0.4, 0.5) is 11.4 Å². The Morgan fingerprint density at radius 1 is 0.824 bits per heavy atom. The van der Waals surface area contributed by atoms with Crippen molar-refractivity contribution in [1.29, 1.82) is 0 Å². The van der Waals surface area contributed by atoms with Crippen molar-refractivity contribution >= 4 is 34.1 Å². The minimum Gasteiger partial charge on any atom is -0.486 e. The molecule has 8 nitrogen and oxygen atoms in total. The first-order valence-corrected chi connectivity index (χ1v) is 10.8. The molecule has 0 saturated carbocycles. The highest BCUT2D eigenvalue weighted by molar-refractivity contribution is 6.07. The quantitative estimate of drug-likeness (QED) is 0.470. The number of aromatic nitrogens is 2. The summed E-state index contributed by atoms with van der Waals surface area (Å²) in [6.07, 6.45) is 1.55. The summed E-state index contributed by atoms with van der Waals surface area (Å²) in [5.41, 5.74) is 4.27. The van der Waals surface area contributed by atoms with E-state index >= 15 is 0 Å². The van der Waals surface area contributed by atoms with Gasteiger partial charge < -0.3 is 20.1 Å². The van der Waals surface area contributed by atoms with Crippen LogP contribution in [0.15, 0.2) is 60.8 Å². The molecule has 2 amide bonds. The van der Waals surface area contributed by atoms with E-state index < -0.39 is 0 Å². The van der Waals surface area contributed by atoms with Crippen molar-refractivity contribution in [1.82, 2.24) is 9.97 Å². The number of nitrogens with one attached hydrogen (secondary N) is 2. The number of nitrogens with zero attached hydrogens (tertiary/aromatic N) is 2. The molecule has 0 radical (unpaired) electrons. The van der Waals surface area contributed by atoms with Crippen molar-refractivity contribution in [2.24, 2.45) is 0 Å². The SMILES string of the molecule is Cc1ccc2cc(C(=O)Nc3cc(NC(=O)c4ccc5c(c4)OCCO5)cnc3C)ccc2n1. The van der Waals surface area contributed by atoms with Crippen molar-refractivity contribution in [3.8, 4) is 11.5 Å². The summed E-state index contributed by atoms with van der Waals surface area (Å²) < 4.78 is 11.0. The number of amides is 2. The highest BCUT2D eigenvalue weighted by Gasteiger charge is 2.16. The average molecular weight is 454 g/mol. The average Bonchev–Trinajstić information content (AvgIpc) is 2.85. The zero-order valence-electron chi connectivity index (χ0n) is 18.7. The molecule has 3 heterocycles. The maximum atomic E-state index is 12.9. The topological polar surface area (TPSA) is 102 Å². The summed E-state index contributed by atoms with van der Waals surface area (Å²) in [5.74, 6) is 0.555. The van der Waals surface area contributed by atoms with Crippen LogP contribution in [0.3, 0.4) is 0 Å². The van der Waals surface area contributed by atoms with Gasteiger partial charge in [0, 0.05) is 22.2 Å². The molecular formula is C26H22N4O4. The molecule has 1 aliphatic rings. The van der Waals surface area contributed by atoms with Crippen LogP contribution in [0.1, 0.15) is 32.1 Å². The standard InChI is InChI=1S/C26H22N4O4/c1-15-3-4-17-11-18(5-7-21(17)28-15)26(32)30-22-13-20(14-27-16(22)2)29-25(31)19-6-8-23-24(12-19)34-10-9-33-23/h3-8,11-14H,9-10H2,1-2H3,(H,29,31)(H,30,32). The van der Waals surface area contributed by atoms with E-state index in [9.17, 15) is 9.59 Å². The van der Waals surface area contributed by atoms with Gasteiger partial charge >= 0.3 is 0 Å². The third-order valence-electron chi connectivity index (χ3n) is 5.49. The molecule has 0 fully saturated rings. The number of rotatable bonds is 4. The second-order valence-electron chi connectivity index (χ2n) is 7.98. The normalized spacial score (nSPS) is 12.3. The lowest BCUT2D eigenvalue weighted by Gasteiger charge is -2.18. The molecular weight excluding hydrogens is 432 g/mol. The minimum absolute atomic E-state index is 0.275. The van der Waals surface area contributed by atoms with E-state index in [4.69, 9.17) is 9.47 Å². The van der Waals surface area contributed by atoms with Gasteiger partial charge in [0.2, 0.25) is 0 Å². The minimum atomic E-state index is -0.322. The van der Waals surface area contributed by atoms with E-state index in [0.29, 0.717) is 52.9 Å². The van der Waals surface area contributed by atoms with Gasteiger partial charge in [0.1, 0.15) is 13.2 Å². The molecule has 0 saturated heterocycles. The Hall–Kier alpha value is -4.46. The Balaban J connectivity index is 1.33. The number of fused-ring (bicyclic) bond motifs is 2. The maximum absolute atomic E-state index is 12.9. The van der Waals surface area contributed by atoms with E-state index in [0.717, 1.165) is 16.6 Å². The van der Waals surface area contributed by atoms with Crippen LogP contribution in [0.25, 0.3) is 10.9 Å². The van der Waals surface area contributed by atoms with Crippen LogP contribution in [0.5, 0.6) is 11.5 Å². The summed E-state index contributed by atoms with van der Waals surface area (Å²) in [5, 5.41) is 6.59. The molecule has 4 aromatic rings. The maximum Gasteiger partial charge on any atom is 0.255 e. The van der Waals surface area contributed by atoms with Crippen LogP contribution >= 0.6 is 0 Å². The fraction of sp³-hybridized carbons (Fsp3) is 0.154. The molecule has 0 bridgehead atoms. The van der Waals surface area contributed by atoms with E-state index in [1.54, 1.807) is 49.5 Å². The van der Waals surface area contributed by atoms with Crippen molar-refractivity contribution in [3.63, 3.8) is 0 Å². The Kier molecular flexibility index (Phi) is 5.55. The third kappa shape index (κ3) is 4.38. The predicted octanol–water partition coefficient (Wildman–Crippen LogP) is 4.52. The number of ether oxygens (including phenoxy) is 2. The van der Waals surface area contributed by atoms with Gasteiger partial charge in [0.25, 0.3) is 11.8 Å². The first-order chi connectivity index (χ1) is 16.5. The first-order valence-electron chi connectivity index (χ1n) is 10.8. The van der Waals surface area contributed by atoms with E-state index in [1.165, 1.54) is 0 Å². The Morgan fingerprint density at radius 2 is 1.56 bits per heavy atom. The fourth-order valence-electron chi connectivity index (χ4n) is 3.68. The molecule has 2 aromatic carbocycles. The molecule has 2 N–H and O–H groups in total. The third-order valence-corrected chi connectivity index (χ3v) is 5.49. The zero-order valence-corrected chi connectivity index (χ0v) is 18.7. The molecule has 8 heteroatoms. The summed E-state index contributed by atoms with van der Waals surface area (Å²) in [7, 11) is 0. The lowest BCUT2D eigenvalue weighted by molar-refractivity contribution is 0.101. The van der Waals surface area contributed by atoms with Crippen molar-refractivity contribution in [2.45, 2.75) is 13.8 Å². The molecule has 0 atom stereocenters. The van der Waals surface area contributed by atoms with Crippen LogP contribution in [-0.4, -0.2) is 35.0 Å². The highest BCUT2D eigenvalue weighted by atomic mass is 16.6. The van der Waals surface area contributed by atoms with Crippen LogP contribution < -0.4 is 20.1 Å². The molecule has 5 rings (SSSR count). The van der Waals surface area contributed by atoms with E-state index in [-0.39, 0.29) is 11.8 Å². The number of benzene rings is 2. The van der Waals surface area contributed by atoms with Gasteiger partial charge in [-0.3, -0.25) is 19.6 Å². The van der Waals surface area contributed by atoms with Gasteiger partial charge in [-0.05, 0) is 62.4 Å². The summed E-state index contributed by atoms with van der Waals surface area (Å²) in [6, 6.07) is 15.9. The first kappa shape index (κ1) is 21.4. The van der Waals surface area contributed by atoms with Gasteiger partial charge in [-0.2, -0.15) is 0 Å². The molecule has 2 aromatic heterocycles. The molecule has 0 spiro atoms. The van der Waals surface area contributed by atoms with Gasteiger partial charge in [-0.25, -0.2) is 0 Å². The number of hydrogen-bond donors (Lipinski definition) is 2. The smallest absolute Gasteiger partial charge is 0.255 e. The van der Waals surface area contributed by atoms with Gasteiger partial charge in [-0.1, -0.05) is 6.07 Å². The van der Waals surface area contributed by atoms with Crippen LogP contribution in [0.2, 0.25) is 0 Å². The number of hydrogen-bond acceptors (Lipinski definition) is 6. The second kappa shape index (κ2) is 8.82. The lowest BCUT2D eigenvalue weighted by atomic mass is 10.1. The van der Waals surface area contributed by atoms with Crippen LogP contribution in [-0.2, 0) is 0 Å². The largest absolute Gasteiger partial charge is 0.486 e. The van der Waals surface area contributed by atoms with Crippen molar-refractivity contribution < 1.29 is 19.1 Å². The summed E-state index contributed by atoms with van der Waals surface area (Å²) in [6.45, 7) is 4.64. The van der Waals surface area contributed by atoms with Crippen molar-refractivity contribution in [2.75, 3.05) is 23.8 Å². The Bertz CT molecular complexity index is 1430. The highest BCUT2D eigenvalue weighted by Crippen LogP contribution is 2.31. The van der Waals surface area contributed by atoms with E-state index in [2.05, 4.69) is 20.6 Å². The summed E-state index contributed by atoms with van der Waals surface area (Å²) in [4.78, 5) is 34.4. The fourth-order valence-corrected chi connectivity index (χ4v) is 3.68. The number of carbonyl (C=O) groups is 2. The molecule has 0 unspecified atom stereocenters. The molecule has 1 aliphatic heterocycles. The number of carbonyl (C=O) groups excluding carboxylic acids is 2. The Labute approximate surface area is 196 Å². The van der Waals surface area contributed by atoms with Gasteiger partial charge in [-0.15, -0.1) is 0 Å². The Morgan fingerprint density at radius 3 is 2.41 bits per heavy atom. The van der Waals surface area contributed by atoms with Crippen molar-refractivity contribution in [3.05, 3.63) is 83.3 Å². The van der Waals surface area contributed by atoms with Crippen LogP contribution in [0, 0.1) is 13.8 Å². The number of anilines is 2. The predicted molar refractivity (Wildman–Crippen MR) is 129 cm³/mol. The second-order valence-corrected chi connectivity index (χ2v) is 7.98. The summed E-state index contributed by atoms with van der Waals surface area (Å²) >= 11 is 0. The molecule has 0 aliphatic carbocycles. The zero-order chi connectivity index (χ0) is 23.7.